The Labute approximate surface area is 96.2 Å². The molecule has 0 aliphatic heterocycles. The SMILES string of the molecule is CCCCCN(CCCC(C)N)C(C)C. The van der Waals surface area contributed by atoms with E-state index in [1.165, 1.54) is 38.8 Å². The van der Waals surface area contributed by atoms with Gasteiger partial charge < -0.3 is 10.6 Å². The third kappa shape index (κ3) is 8.88. The summed E-state index contributed by atoms with van der Waals surface area (Å²) < 4.78 is 0. The first-order valence-electron chi connectivity index (χ1n) is 6.57. The molecule has 0 bridgehead atoms. The number of hydrogen-bond donors (Lipinski definition) is 1. The maximum atomic E-state index is 5.76. The first kappa shape index (κ1) is 14.9. The highest BCUT2D eigenvalue weighted by Crippen LogP contribution is 2.06. The van der Waals surface area contributed by atoms with E-state index < -0.39 is 0 Å². The lowest BCUT2D eigenvalue weighted by Gasteiger charge is -2.26. The number of nitrogens with two attached hydrogens (primary N) is 1. The summed E-state index contributed by atoms with van der Waals surface area (Å²) in [5, 5.41) is 0. The number of hydrogen-bond acceptors (Lipinski definition) is 2. The largest absolute Gasteiger partial charge is 0.328 e. The molecule has 2 nitrogen and oxygen atoms in total. The summed E-state index contributed by atoms with van der Waals surface area (Å²) in [6, 6.07) is 1.03. The Morgan fingerprint density at radius 1 is 1.00 bits per heavy atom. The van der Waals surface area contributed by atoms with Crippen LogP contribution >= 0.6 is 0 Å². The van der Waals surface area contributed by atoms with Crippen molar-refractivity contribution in [2.75, 3.05) is 13.1 Å². The topological polar surface area (TPSA) is 29.3 Å². The van der Waals surface area contributed by atoms with E-state index in [1.807, 2.05) is 0 Å². The van der Waals surface area contributed by atoms with Crippen LogP contribution in [0, 0.1) is 0 Å². The molecule has 92 valence electrons. The van der Waals surface area contributed by atoms with Crippen molar-refractivity contribution in [2.24, 2.45) is 5.73 Å². The molecule has 0 aromatic carbocycles. The van der Waals surface area contributed by atoms with Gasteiger partial charge in [0.25, 0.3) is 0 Å². The molecule has 2 heteroatoms. The standard InChI is InChI=1S/C13H30N2/c1-5-6-7-10-15(12(2)3)11-8-9-13(4)14/h12-13H,5-11,14H2,1-4H3. The third-order valence-corrected chi connectivity index (χ3v) is 2.88. The van der Waals surface area contributed by atoms with E-state index in [-0.39, 0.29) is 0 Å². The fourth-order valence-electron chi connectivity index (χ4n) is 1.81. The molecule has 0 aromatic rings. The molecule has 0 fully saturated rings. The second-order valence-electron chi connectivity index (χ2n) is 4.96. The van der Waals surface area contributed by atoms with Gasteiger partial charge >= 0.3 is 0 Å². The number of nitrogens with zero attached hydrogens (tertiary/aromatic N) is 1. The van der Waals surface area contributed by atoms with E-state index in [4.69, 9.17) is 5.73 Å². The molecule has 0 heterocycles. The van der Waals surface area contributed by atoms with Crippen LogP contribution in [0.15, 0.2) is 0 Å². The van der Waals surface area contributed by atoms with Gasteiger partial charge in [-0.05, 0) is 53.1 Å². The molecule has 0 saturated heterocycles. The average molecular weight is 214 g/mol. The number of rotatable bonds is 9. The quantitative estimate of drug-likeness (QED) is 0.598. The molecule has 2 N–H and O–H groups in total. The molecule has 0 aliphatic rings. The molecule has 1 unspecified atom stereocenters. The first-order valence-corrected chi connectivity index (χ1v) is 6.57. The zero-order valence-electron chi connectivity index (χ0n) is 11.1. The normalized spacial score (nSPS) is 13.8. The van der Waals surface area contributed by atoms with Crippen molar-refractivity contribution < 1.29 is 0 Å². The highest BCUT2D eigenvalue weighted by Gasteiger charge is 2.08. The van der Waals surface area contributed by atoms with Crippen LogP contribution in [-0.2, 0) is 0 Å². The van der Waals surface area contributed by atoms with Gasteiger partial charge in [0.15, 0.2) is 0 Å². The van der Waals surface area contributed by atoms with Gasteiger partial charge in [0.1, 0.15) is 0 Å². The van der Waals surface area contributed by atoms with Crippen LogP contribution in [0.25, 0.3) is 0 Å². The predicted octanol–water partition coefficient (Wildman–Crippen LogP) is 3.01. The van der Waals surface area contributed by atoms with Gasteiger partial charge in [0, 0.05) is 12.1 Å². The van der Waals surface area contributed by atoms with Crippen LogP contribution in [-0.4, -0.2) is 30.1 Å². The molecule has 0 radical (unpaired) electrons. The van der Waals surface area contributed by atoms with Crippen LogP contribution in [0.4, 0.5) is 0 Å². The summed E-state index contributed by atoms with van der Waals surface area (Å²) >= 11 is 0. The van der Waals surface area contributed by atoms with E-state index in [1.54, 1.807) is 0 Å². The van der Waals surface area contributed by atoms with Gasteiger partial charge in [0.05, 0.1) is 0 Å². The van der Waals surface area contributed by atoms with Crippen molar-refractivity contribution in [3.05, 3.63) is 0 Å². The summed E-state index contributed by atoms with van der Waals surface area (Å²) in [4.78, 5) is 2.58. The maximum absolute atomic E-state index is 5.76. The smallest absolute Gasteiger partial charge is 0.00385 e. The van der Waals surface area contributed by atoms with Crippen molar-refractivity contribution in [1.82, 2.24) is 4.90 Å². The number of unbranched alkanes of at least 4 members (excludes halogenated alkanes) is 2. The molecule has 0 rings (SSSR count). The van der Waals surface area contributed by atoms with Crippen LogP contribution in [0.5, 0.6) is 0 Å². The van der Waals surface area contributed by atoms with E-state index >= 15 is 0 Å². The summed E-state index contributed by atoms with van der Waals surface area (Å²) in [6.45, 7) is 11.4. The lowest BCUT2D eigenvalue weighted by Crippen LogP contribution is -2.33. The van der Waals surface area contributed by atoms with Crippen molar-refractivity contribution in [3.63, 3.8) is 0 Å². The Bertz CT molecular complexity index is 132. The zero-order valence-corrected chi connectivity index (χ0v) is 11.1. The zero-order chi connectivity index (χ0) is 11.7. The first-order chi connectivity index (χ1) is 7.07. The van der Waals surface area contributed by atoms with Gasteiger partial charge in [-0.2, -0.15) is 0 Å². The van der Waals surface area contributed by atoms with E-state index in [9.17, 15) is 0 Å². The van der Waals surface area contributed by atoms with Crippen LogP contribution < -0.4 is 5.73 Å². The molecule has 1 atom stereocenters. The second kappa shape index (κ2) is 9.17. The van der Waals surface area contributed by atoms with Gasteiger partial charge in [-0.1, -0.05) is 19.8 Å². The summed E-state index contributed by atoms with van der Waals surface area (Å²) in [5.41, 5.74) is 5.76. The molecule has 0 amide bonds. The lowest BCUT2D eigenvalue weighted by molar-refractivity contribution is 0.211. The molecule has 0 aliphatic carbocycles. The Morgan fingerprint density at radius 3 is 2.07 bits per heavy atom. The summed E-state index contributed by atoms with van der Waals surface area (Å²) in [7, 11) is 0. The van der Waals surface area contributed by atoms with E-state index in [0.29, 0.717) is 12.1 Å². The Morgan fingerprint density at radius 2 is 1.60 bits per heavy atom. The van der Waals surface area contributed by atoms with Crippen molar-refractivity contribution >= 4 is 0 Å². The second-order valence-corrected chi connectivity index (χ2v) is 4.96. The Balaban J connectivity index is 3.64. The van der Waals surface area contributed by atoms with Gasteiger partial charge in [0.2, 0.25) is 0 Å². The van der Waals surface area contributed by atoms with Crippen LogP contribution in [0.1, 0.15) is 59.8 Å². The fourth-order valence-corrected chi connectivity index (χ4v) is 1.81. The maximum Gasteiger partial charge on any atom is 0.00385 e. The fraction of sp³-hybridized carbons (Fsp3) is 1.00. The van der Waals surface area contributed by atoms with E-state index in [2.05, 4.69) is 32.6 Å². The molecular weight excluding hydrogens is 184 g/mol. The molecule has 0 saturated carbocycles. The van der Waals surface area contributed by atoms with E-state index in [0.717, 1.165) is 6.42 Å². The summed E-state index contributed by atoms with van der Waals surface area (Å²) in [5.74, 6) is 0. The Hall–Kier alpha value is -0.0800. The minimum Gasteiger partial charge on any atom is -0.328 e. The minimum atomic E-state index is 0.356. The summed E-state index contributed by atoms with van der Waals surface area (Å²) in [6.07, 6.45) is 6.40. The van der Waals surface area contributed by atoms with Crippen molar-refractivity contribution in [3.8, 4) is 0 Å². The van der Waals surface area contributed by atoms with Crippen LogP contribution in [0.3, 0.4) is 0 Å². The third-order valence-electron chi connectivity index (χ3n) is 2.88. The average Bonchev–Trinajstić information content (AvgIpc) is 2.15. The molecule has 0 spiro atoms. The van der Waals surface area contributed by atoms with Crippen molar-refractivity contribution in [2.45, 2.75) is 71.9 Å². The molecule has 0 aromatic heterocycles. The van der Waals surface area contributed by atoms with Gasteiger partial charge in [-0.15, -0.1) is 0 Å². The van der Waals surface area contributed by atoms with Gasteiger partial charge in [-0.3, -0.25) is 0 Å². The minimum absolute atomic E-state index is 0.356. The monoisotopic (exact) mass is 214 g/mol. The van der Waals surface area contributed by atoms with Gasteiger partial charge in [-0.25, -0.2) is 0 Å². The Kier molecular flexibility index (Phi) is 9.12. The lowest BCUT2D eigenvalue weighted by atomic mass is 10.1. The molecule has 15 heavy (non-hydrogen) atoms. The van der Waals surface area contributed by atoms with Crippen LogP contribution in [0.2, 0.25) is 0 Å². The molecular formula is C13H30N2. The highest BCUT2D eigenvalue weighted by molar-refractivity contribution is 4.64. The van der Waals surface area contributed by atoms with Crippen molar-refractivity contribution in [1.29, 1.82) is 0 Å². The highest BCUT2D eigenvalue weighted by atomic mass is 15.1. The predicted molar refractivity (Wildman–Crippen MR) is 69.1 cm³/mol.